The third kappa shape index (κ3) is 6.37. The third-order valence-electron chi connectivity index (χ3n) is 5.10. The van der Waals surface area contributed by atoms with Gasteiger partial charge in [0.05, 0.1) is 31.4 Å². The van der Waals surface area contributed by atoms with E-state index in [1.54, 1.807) is 48.5 Å². The lowest BCUT2D eigenvalue weighted by Gasteiger charge is -2.25. The Hall–Kier alpha value is -3.43. The van der Waals surface area contributed by atoms with Gasteiger partial charge in [0.15, 0.2) is 11.5 Å². The van der Waals surface area contributed by atoms with Crippen LogP contribution in [0.25, 0.3) is 0 Å². The number of carbonyl (C=O) groups excluding carboxylic acids is 1. The summed E-state index contributed by atoms with van der Waals surface area (Å²) in [6.45, 7) is 2.03. The second-order valence-corrected chi connectivity index (χ2v) is 9.59. The Bertz CT molecular complexity index is 1270. The molecule has 3 aromatic rings. The van der Waals surface area contributed by atoms with E-state index in [0.29, 0.717) is 28.8 Å². The number of anilines is 1. The molecule has 10 heteroatoms. The quantitative estimate of drug-likeness (QED) is 0.407. The smallest absolute Gasteiger partial charge is 0.264 e. The van der Waals surface area contributed by atoms with Gasteiger partial charge in [0, 0.05) is 17.6 Å². The predicted molar refractivity (Wildman–Crippen MR) is 135 cm³/mol. The van der Waals surface area contributed by atoms with Crippen LogP contribution in [0.1, 0.15) is 12.5 Å². The molecule has 0 aliphatic heterocycles. The minimum absolute atomic E-state index is 0.0528. The summed E-state index contributed by atoms with van der Waals surface area (Å²) < 4.78 is 44.3. The van der Waals surface area contributed by atoms with Crippen molar-refractivity contribution < 1.29 is 27.4 Å². The second-order valence-electron chi connectivity index (χ2n) is 7.32. The lowest BCUT2D eigenvalue weighted by molar-refractivity contribution is -0.119. The molecule has 0 aromatic heterocycles. The van der Waals surface area contributed by atoms with Gasteiger partial charge in [-0.3, -0.25) is 9.10 Å². The van der Waals surface area contributed by atoms with E-state index in [1.807, 2.05) is 6.92 Å². The van der Waals surface area contributed by atoms with Gasteiger partial charge in [0.2, 0.25) is 5.91 Å². The topological polar surface area (TPSA) is 94.2 Å². The van der Waals surface area contributed by atoms with Crippen LogP contribution in [-0.4, -0.2) is 41.7 Å². The number of methoxy groups -OCH3 is 2. The summed E-state index contributed by atoms with van der Waals surface area (Å²) in [6, 6.07) is 17.8. The maximum Gasteiger partial charge on any atom is 0.264 e. The summed E-state index contributed by atoms with van der Waals surface area (Å²) in [4.78, 5) is 12.8. The molecule has 0 atom stereocenters. The average molecular weight is 519 g/mol. The van der Waals surface area contributed by atoms with Crippen LogP contribution in [0.3, 0.4) is 0 Å². The van der Waals surface area contributed by atoms with Gasteiger partial charge in [-0.1, -0.05) is 29.8 Å². The number of rotatable bonds is 11. The highest BCUT2D eigenvalue weighted by Gasteiger charge is 2.28. The zero-order chi connectivity index (χ0) is 25.4. The van der Waals surface area contributed by atoms with Crippen molar-refractivity contribution in [3.63, 3.8) is 0 Å². The van der Waals surface area contributed by atoms with E-state index in [-0.39, 0.29) is 17.2 Å². The fourth-order valence-electron chi connectivity index (χ4n) is 3.32. The Morgan fingerprint density at radius 3 is 2.29 bits per heavy atom. The van der Waals surface area contributed by atoms with E-state index >= 15 is 0 Å². The molecule has 1 amide bonds. The van der Waals surface area contributed by atoms with Crippen LogP contribution in [0.4, 0.5) is 5.69 Å². The Kier molecular flexibility index (Phi) is 8.84. The Morgan fingerprint density at radius 2 is 1.66 bits per heavy atom. The summed E-state index contributed by atoms with van der Waals surface area (Å²) in [6.07, 6.45) is 0. The number of ether oxygens (including phenoxy) is 3. The van der Waals surface area contributed by atoms with Crippen LogP contribution in [0.2, 0.25) is 5.02 Å². The zero-order valence-electron chi connectivity index (χ0n) is 19.7. The van der Waals surface area contributed by atoms with Crippen LogP contribution >= 0.6 is 11.6 Å². The molecule has 8 nitrogen and oxygen atoms in total. The summed E-state index contributed by atoms with van der Waals surface area (Å²) in [5, 5.41) is 3.25. The van der Waals surface area contributed by atoms with E-state index in [4.69, 9.17) is 25.8 Å². The molecule has 3 rings (SSSR count). The molecule has 186 valence electrons. The number of amides is 1. The Morgan fingerprint density at radius 1 is 0.971 bits per heavy atom. The number of carbonyl (C=O) groups is 1. The van der Waals surface area contributed by atoms with Crippen LogP contribution < -0.4 is 23.8 Å². The average Bonchev–Trinajstić information content (AvgIpc) is 2.87. The van der Waals surface area contributed by atoms with Gasteiger partial charge in [0.25, 0.3) is 10.0 Å². The Balaban J connectivity index is 1.93. The molecule has 0 aliphatic carbocycles. The highest BCUT2D eigenvalue weighted by Crippen LogP contribution is 2.32. The Labute approximate surface area is 210 Å². The number of nitrogens with one attached hydrogen (secondary N) is 1. The minimum Gasteiger partial charge on any atom is -0.494 e. The summed E-state index contributed by atoms with van der Waals surface area (Å²) >= 11 is 6.16. The van der Waals surface area contributed by atoms with Crippen molar-refractivity contribution in [3.05, 3.63) is 77.3 Å². The highest BCUT2D eigenvalue weighted by atomic mass is 35.5. The first-order chi connectivity index (χ1) is 16.8. The number of nitrogens with zero attached hydrogens (tertiary/aromatic N) is 1. The molecule has 0 bridgehead atoms. The van der Waals surface area contributed by atoms with Gasteiger partial charge in [-0.2, -0.15) is 0 Å². The number of hydrogen-bond donors (Lipinski definition) is 1. The normalized spacial score (nSPS) is 11.0. The van der Waals surface area contributed by atoms with Crippen LogP contribution in [0.15, 0.2) is 71.6 Å². The molecule has 0 aliphatic rings. The van der Waals surface area contributed by atoms with Crippen LogP contribution in [0, 0.1) is 0 Å². The molecule has 0 fully saturated rings. The zero-order valence-corrected chi connectivity index (χ0v) is 21.2. The fraction of sp³-hybridized carbons (Fsp3) is 0.240. The van der Waals surface area contributed by atoms with E-state index in [0.717, 1.165) is 9.87 Å². The van der Waals surface area contributed by atoms with E-state index in [1.165, 1.54) is 32.4 Å². The third-order valence-corrected chi connectivity index (χ3v) is 7.24. The molecular weight excluding hydrogens is 492 g/mol. The van der Waals surface area contributed by atoms with Crippen molar-refractivity contribution in [1.29, 1.82) is 0 Å². The largest absolute Gasteiger partial charge is 0.494 e. The number of sulfonamides is 1. The van der Waals surface area contributed by atoms with Crippen molar-refractivity contribution in [1.82, 2.24) is 5.32 Å². The maximum absolute atomic E-state index is 13.7. The lowest BCUT2D eigenvalue weighted by atomic mass is 10.2. The van der Waals surface area contributed by atoms with Crippen LogP contribution in [0.5, 0.6) is 17.2 Å². The summed E-state index contributed by atoms with van der Waals surface area (Å²) in [7, 11) is -1.28. The van der Waals surface area contributed by atoms with Gasteiger partial charge in [0.1, 0.15) is 12.3 Å². The van der Waals surface area contributed by atoms with E-state index in [9.17, 15) is 13.2 Å². The van der Waals surface area contributed by atoms with Gasteiger partial charge in [-0.15, -0.1) is 0 Å². The summed E-state index contributed by atoms with van der Waals surface area (Å²) in [5.41, 5.74) is 1.02. The maximum atomic E-state index is 13.7. The first kappa shape index (κ1) is 26.2. The van der Waals surface area contributed by atoms with Crippen molar-refractivity contribution in [2.45, 2.75) is 18.4 Å². The molecule has 0 unspecified atom stereocenters. The molecule has 3 aromatic carbocycles. The van der Waals surface area contributed by atoms with Crippen molar-refractivity contribution in [2.75, 3.05) is 31.7 Å². The van der Waals surface area contributed by atoms with Gasteiger partial charge >= 0.3 is 0 Å². The lowest BCUT2D eigenvalue weighted by Crippen LogP contribution is -2.40. The number of hydrogen-bond acceptors (Lipinski definition) is 6. The first-order valence-corrected chi connectivity index (χ1v) is 12.6. The molecular formula is C25H27ClN2O6S. The van der Waals surface area contributed by atoms with Gasteiger partial charge in [-0.25, -0.2) is 8.42 Å². The van der Waals surface area contributed by atoms with Crippen molar-refractivity contribution in [2.24, 2.45) is 0 Å². The second kappa shape index (κ2) is 11.8. The minimum atomic E-state index is -4.15. The predicted octanol–water partition coefficient (Wildman–Crippen LogP) is 4.27. The molecule has 1 N–H and O–H groups in total. The molecule has 0 saturated carbocycles. The molecule has 0 heterocycles. The number of benzene rings is 3. The monoisotopic (exact) mass is 518 g/mol. The van der Waals surface area contributed by atoms with Gasteiger partial charge in [-0.05, 0) is 55.0 Å². The fourth-order valence-corrected chi connectivity index (χ4v) is 4.96. The summed E-state index contributed by atoms with van der Waals surface area (Å²) in [5.74, 6) is 0.727. The molecule has 0 spiro atoms. The van der Waals surface area contributed by atoms with Crippen molar-refractivity contribution >= 4 is 33.2 Å². The highest BCUT2D eigenvalue weighted by molar-refractivity contribution is 7.92. The van der Waals surface area contributed by atoms with Crippen LogP contribution in [-0.2, 0) is 21.4 Å². The molecule has 0 saturated heterocycles. The van der Waals surface area contributed by atoms with E-state index in [2.05, 4.69) is 5.32 Å². The standard InChI is InChI=1S/C25H27ClN2O6S/c1-4-34-20-11-9-19(10-12-20)28(17-25(29)27-16-18-7-5-6-8-22(18)26)35(30,31)21-13-14-23(32-2)24(15-21)33-3/h5-15H,4,16-17H2,1-3H3,(H,27,29). The number of halogens is 1. The first-order valence-electron chi connectivity index (χ1n) is 10.8. The molecule has 0 radical (unpaired) electrons. The van der Waals surface area contributed by atoms with E-state index < -0.39 is 22.5 Å². The van der Waals surface area contributed by atoms with Crippen molar-refractivity contribution in [3.8, 4) is 17.2 Å². The SMILES string of the molecule is CCOc1ccc(N(CC(=O)NCc2ccccc2Cl)S(=O)(=O)c2ccc(OC)c(OC)c2)cc1. The van der Waals surface area contributed by atoms with Gasteiger partial charge < -0.3 is 19.5 Å². The molecule has 35 heavy (non-hydrogen) atoms.